The first-order chi connectivity index (χ1) is 10.3. The zero-order valence-corrected chi connectivity index (χ0v) is 14.3. The van der Waals surface area contributed by atoms with Crippen LogP contribution in [0.3, 0.4) is 0 Å². The predicted octanol–water partition coefficient (Wildman–Crippen LogP) is 4.97. The predicted molar refractivity (Wildman–Crippen MR) is 99.6 cm³/mol. The maximum absolute atomic E-state index is 2.67. The molecule has 0 bridgehead atoms. The van der Waals surface area contributed by atoms with E-state index in [1.807, 2.05) is 0 Å². The fraction of sp³-hybridized carbons (Fsp3) is 0.368. The van der Waals surface area contributed by atoms with Crippen LogP contribution in [0.25, 0.3) is 0 Å². The molecular weight excluding hydrogens is 270 g/mol. The van der Waals surface area contributed by atoms with E-state index in [9.17, 15) is 0 Å². The summed E-state index contributed by atoms with van der Waals surface area (Å²) in [6, 6.07) is 22.6. The van der Waals surface area contributed by atoms with Gasteiger partial charge in [-0.15, -0.1) is 0 Å². The van der Waals surface area contributed by atoms with E-state index in [-0.39, 0.29) is 0 Å². The van der Waals surface area contributed by atoms with Gasteiger partial charge in [-0.05, 0) is 0 Å². The average Bonchev–Trinajstić information content (AvgIpc) is 2.86. The van der Waals surface area contributed by atoms with Crippen LogP contribution in [-0.4, -0.2) is 13.7 Å². The molecule has 2 aromatic rings. The number of hydrogen-bond donors (Lipinski definition) is 0. The van der Waals surface area contributed by atoms with E-state index in [4.69, 9.17) is 0 Å². The van der Waals surface area contributed by atoms with Crippen molar-refractivity contribution >= 4 is 14.7 Å². The molecule has 1 saturated heterocycles. The summed E-state index contributed by atoms with van der Waals surface area (Å²) in [4.78, 5) is 0. The Bertz CT molecular complexity index is 519. The summed E-state index contributed by atoms with van der Waals surface area (Å²) in [6.07, 6.45) is 5.54. The Labute approximate surface area is 130 Å². The number of hydrogen-bond acceptors (Lipinski definition) is 0. The third kappa shape index (κ3) is 2.81. The molecule has 0 nitrogen and oxygen atoms in total. The molecule has 0 N–H and O–H groups in total. The van der Waals surface area contributed by atoms with E-state index < -0.39 is 7.14 Å². The average molecular weight is 296 g/mol. The van der Waals surface area contributed by atoms with Crippen molar-refractivity contribution in [2.45, 2.75) is 37.5 Å². The molecule has 0 aliphatic carbocycles. The first-order valence-electron chi connectivity index (χ1n) is 8.35. The second kappa shape index (κ2) is 6.36. The van der Waals surface area contributed by atoms with Gasteiger partial charge in [-0.2, -0.15) is 0 Å². The van der Waals surface area contributed by atoms with Crippen molar-refractivity contribution < 1.29 is 0 Å². The summed E-state index contributed by atoms with van der Waals surface area (Å²) in [5.41, 5.74) is 4.87. The fourth-order valence-corrected chi connectivity index (χ4v) is 10.4. The quantitative estimate of drug-likeness (QED) is 0.552. The summed E-state index contributed by atoms with van der Waals surface area (Å²) in [7, 11) is 1.34. The molecule has 0 saturated carbocycles. The molecule has 1 fully saturated rings. The maximum atomic E-state index is 2.67. The van der Waals surface area contributed by atoms with Crippen LogP contribution in [0.2, 0.25) is 0 Å². The third-order valence-electron chi connectivity index (χ3n) is 5.53. The van der Waals surface area contributed by atoms with Gasteiger partial charge >= 0.3 is 130 Å². The van der Waals surface area contributed by atoms with Crippen LogP contribution >= 0.6 is 7.14 Å². The van der Waals surface area contributed by atoms with Crippen LogP contribution in [0.1, 0.15) is 48.6 Å². The van der Waals surface area contributed by atoms with E-state index in [0.717, 1.165) is 11.3 Å². The van der Waals surface area contributed by atoms with Gasteiger partial charge in [0.1, 0.15) is 0 Å². The van der Waals surface area contributed by atoms with Crippen molar-refractivity contribution in [2.24, 2.45) is 0 Å². The van der Waals surface area contributed by atoms with Gasteiger partial charge in [-0.1, -0.05) is 0 Å². The van der Waals surface area contributed by atoms with E-state index in [1.165, 1.54) is 25.4 Å². The summed E-state index contributed by atoms with van der Waals surface area (Å²) >= 11 is 0. The van der Waals surface area contributed by atoms with Crippen LogP contribution < -0.4 is 0 Å². The summed E-state index contributed by atoms with van der Waals surface area (Å²) < 4.78 is 0. The second-order valence-electron chi connectivity index (χ2n) is 6.76. The van der Waals surface area contributed by atoms with Gasteiger partial charge in [0.05, 0.1) is 0 Å². The Kier molecular flexibility index (Phi) is 4.50. The van der Waals surface area contributed by atoms with E-state index >= 15 is 0 Å². The number of benzene rings is 2. The minimum atomic E-state index is -1.33. The van der Waals surface area contributed by atoms with Crippen LogP contribution in [0.5, 0.6) is 0 Å². The van der Waals surface area contributed by atoms with Crippen molar-refractivity contribution in [3.05, 3.63) is 71.8 Å². The van der Waals surface area contributed by atoms with Crippen LogP contribution in [0.15, 0.2) is 60.7 Å². The summed E-state index contributed by atoms with van der Waals surface area (Å²) in [5.74, 6) is 0. The molecule has 0 aromatic heterocycles. The van der Waals surface area contributed by atoms with E-state index in [1.54, 1.807) is 11.1 Å². The topological polar surface area (TPSA) is 0 Å². The molecule has 110 valence electrons. The molecule has 0 radical (unpaired) electrons. The second-order valence-corrected chi connectivity index (χ2v) is 11.7. The van der Waals surface area contributed by atoms with Crippen LogP contribution in [-0.2, 0) is 0 Å². The van der Waals surface area contributed by atoms with Crippen LogP contribution in [0, 0.1) is 0 Å². The third-order valence-corrected chi connectivity index (χ3v) is 11.5. The molecule has 0 unspecified atom stereocenters. The molecule has 2 heteroatoms. The van der Waals surface area contributed by atoms with Crippen molar-refractivity contribution in [1.29, 1.82) is 0 Å². The Morgan fingerprint density at radius 2 is 1.29 bits per heavy atom. The van der Waals surface area contributed by atoms with Crippen LogP contribution in [0.4, 0.5) is 0 Å². The van der Waals surface area contributed by atoms with Gasteiger partial charge in [0.15, 0.2) is 0 Å². The number of rotatable bonds is 4. The molecule has 3 rings (SSSR count). The standard InChI is InChI=1S/C19H26BP/c1-2-15-21(20)18(16-9-5-3-6-10-16)13-14-19(21)17-11-7-4-8-12-17/h3-12,18-19,21H,2,13-15,20H2,1H3/t18-,19-/m1/s1. The molecule has 0 spiro atoms. The van der Waals surface area contributed by atoms with Gasteiger partial charge in [0.2, 0.25) is 0 Å². The van der Waals surface area contributed by atoms with Crippen molar-refractivity contribution in [2.75, 3.05) is 6.16 Å². The molecule has 1 aliphatic heterocycles. The van der Waals surface area contributed by atoms with Crippen molar-refractivity contribution in [3.63, 3.8) is 0 Å². The Hall–Kier alpha value is -1.07. The molecule has 2 aromatic carbocycles. The molecule has 0 amide bonds. The first kappa shape index (κ1) is 14.9. The Balaban J connectivity index is 1.97. The van der Waals surface area contributed by atoms with Crippen molar-refractivity contribution in [3.8, 4) is 0 Å². The minimum absolute atomic E-state index is 0.837. The van der Waals surface area contributed by atoms with Gasteiger partial charge in [-0.3, -0.25) is 0 Å². The molecule has 21 heavy (non-hydrogen) atoms. The first-order valence-corrected chi connectivity index (χ1v) is 11.2. The van der Waals surface area contributed by atoms with E-state index in [2.05, 4.69) is 75.2 Å². The summed E-state index contributed by atoms with van der Waals surface area (Å²) in [5, 5.41) is 0. The van der Waals surface area contributed by atoms with Crippen molar-refractivity contribution in [1.82, 2.24) is 0 Å². The summed E-state index contributed by atoms with van der Waals surface area (Å²) in [6.45, 7) is 2.36. The monoisotopic (exact) mass is 296 g/mol. The van der Waals surface area contributed by atoms with E-state index in [0.29, 0.717) is 0 Å². The Morgan fingerprint density at radius 1 is 0.857 bits per heavy atom. The fourth-order valence-electron chi connectivity index (χ4n) is 4.59. The van der Waals surface area contributed by atoms with Gasteiger partial charge in [0.25, 0.3) is 0 Å². The zero-order valence-electron chi connectivity index (χ0n) is 13.3. The zero-order chi connectivity index (χ0) is 14.7. The van der Waals surface area contributed by atoms with Gasteiger partial charge in [-0.25, -0.2) is 0 Å². The Morgan fingerprint density at radius 3 is 1.67 bits per heavy atom. The van der Waals surface area contributed by atoms with Gasteiger partial charge in [0, 0.05) is 0 Å². The molecular formula is C19H26BP. The van der Waals surface area contributed by atoms with Gasteiger partial charge < -0.3 is 0 Å². The molecule has 1 heterocycles. The molecule has 2 atom stereocenters. The molecule has 1 aliphatic rings. The SMILES string of the molecule is B[PH]1(CCC)[C@@H](c2ccccc2)CC[C@@H]1c1ccccc1. The normalized spacial score (nSPS) is 25.6.